The predicted molar refractivity (Wildman–Crippen MR) is 26.7 cm³/mol. The van der Waals surface area contributed by atoms with Crippen LogP contribution in [-0.2, 0) is 0 Å². The molecule has 0 amide bonds. The van der Waals surface area contributed by atoms with E-state index in [1.165, 1.54) is 19.5 Å². The van der Waals surface area contributed by atoms with E-state index in [1.54, 1.807) is 0 Å². The number of rotatable bonds is 1. The van der Waals surface area contributed by atoms with Gasteiger partial charge in [0.15, 0.2) is 0 Å². The van der Waals surface area contributed by atoms with Gasteiger partial charge >= 0.3 is 6.01 Å². The summed E-state index contributed by atoms with van der Waals surface area (Å²) >= 11 is 0. The first-order valence-electron chi connectivity index (χ1n) is 2.13. The molecule has 0 saturated heterocycles. The zero-order chi connectivity index (χ0) is 5.98. The third-order valence-electron chi connectivity index (χ3n) is 0.696. The number of hydrogen-bond donors (Lipinski definition) is 1. The molecule has 4 nitrogen and oxygen atoms in total. The molecular weight excluding hydrogens is 108 g/mol. The van der Waals surface area contributed by atoms with Gasteiger partial charge in [0.05, 0.1) is 6.20 Å². The van der Waals surface area contributed by atoms with E-state index in [0.717, 1.165) is 5.06 Å². The Morgan fingerprint density at radius 2 is 2.62 bits per heavy atom. The molecule has 0 unspecified atom stereocenters. The van der Waals surface area contributed by atoms with Crippen LogP contribution in [0.15, 0.2) is 16.9 Å². The SMILES string of the molecule is CN(O)c1ncco1. The number of hydroxylamine groups is 1. The Morgan fingerprint density at radius 1 is 1.88 bits per heavy atom. The van der Waals surface area contributed by atoms with Crippen LogP contribution in [0.4, 0.5) is 6.01 Å². The molecule has 0 radical (unpaired) electrons. The number of anilines is 1. The zero-order valence-electron chi connectivity index (χ0n) is 4.40. The molecule has 0 spiro atoms. The maximum absolute atomic E-state index is 8.59. The molecule has 0 aromatic carbocycles. The van der Waals surface area contributed by atoms with Gasteiger partial charge in [-0.2, -0.15) is 0 Å². The van der Waals surface area contributed by atoms with Crippen molar-refractivity contribution in [2.45, 2.75) is 0 Å². The summed E-state index contributed by atoms with van der Waals surface area (Å²) in [6.07, 6.45) is 2.85. The predicted octanol–water partition coefficient (Wildman–Crippen LogP) is 0.500. The number of nitrogens with zero attached hydrogens (tertiary/aromatic N) is 2. The molecule has 8 heavy (non-hydrogen) atoms. The maximum Gasteiger partial charge on any atom is 0.321 e. The van der Waals surface area contributed by atoms with E-state index in [4.69, 9.17) is 5.21 Å². The molecule has 0 aliphatic heterocycles. The first-order chi connectivity index (χ1) is 3.80. The fraction of sp³-hybridized carbons (Fsp3) is 0.250. The molecule has 0 atom stereocenters. The van der Waals surface area contributed by atoms with Gasteiger partial charge in [0.25, 0.3) is 0 Å². The summed E-state index contributed by atoms with van der Waals surface area (Å²) in [5, 5.41) is 9.40. The van der Waals surface area contributed by atoms with Crippen LogP contribution in [0.2, 0.25) is 0 Å². The van der Waals surface area contributed by atoms with Crippen molar-refractivity contribution < 1.29 is 9.62 Å². The second kappa shape index (κ2) is 1.83. The van der Waals surface area contributed by atoms with E-state index < -0.39 is 0 Å². The third-order valence-corrected chi connectivity index (χ3v) is 0.696. The van der Waals surface area contributed by atoms with Crippen molar-refractivity contribution >= 4 is 6.01 Å². The molecule has 4 heteroatoms. The van der Waals surface area contributed by atoms with E-state index >= 15 is 0 Å². The van der Waals surface area contributed by atoms with Crippen molar-refractivity contribution in [1.29, 1.82) is 0 Å². The molecular formula is C4H6N2O2. The van der Waals surface area contributed by atoms with Gasteiger partial charge in [-0.05, 0) is 0 Å². The van der Waals surface area contributed by atoms with Gasteiger partial charge in [0.2, 0.25) is 0 Å². The average molecular weight is 114 g/mol. The minimum Gasteiger partial charge on any atom is -0.431 e. The van der Waals surface area contributed by atoms with Gasteiger partial charge in [-0.1, -0.05) is 0 Å². The van der Waals surface area contributed by atoms with Gasteiger partial charge in [-0.3, -0.25) is 5.21 Å². The van der Waals surface area contributed by atoms with Crippen LogP contribution in [0.3, 0.4) is 0 Å². The van der Waals surface area contributed by atoms with E-state index in [0.29, 0.717) is 0 Å². The van der Waals surface area contributed by atoms with Crippen LogP contribution in [0.1, 0.15) is 0 Å². The summed E-state index contributed by atoms with van der Waals surface area (Å²) in [4.78, 5) is 3.62. The minimum absolute atomic E-state index is 0.199. The number of aromatic nitrogens is 1. The monoisotopic (exact) mass is 114 g/mol. The normalized spacial score (nSPS) is 9.25. The van der Waals surface area contributed by atoms with Gasteiger partial charge in [-0.15, -0.1) is 0 Å². The molecule has 0 aliphatic carbocycles. The molecule has 0 bridgehead atoms. The Balaban J connectivity index is 2.77. The van der Waals surface area contributed by atoms with Gasteiger partial charge < -0.3 is 4.42 Å². The lowest BCUT2D eigenvalue weighted by Crippen LogP contribution is -2.09. The Morgan fingerprint density at radius 3 is 2.88 bits per heavy atom. The lowest BCUT2D eigenvalue weighted by atomic mass is 11.0. The molecule has 1 heterocycles. The van der Waals surface area contributed by atoms with Crippen LogP contribution in [0.5, 0.6) is 0 Å². The lowest BCUT2D eigenvalue weighted by molar-refractivity contribution is 0.252. The molecule has 1 N–H and O–H groups in total. The van der Waals surface area contributed by atoms with Crippen LogP contribution in [0, 0.1) is 0 Å². The standard InChI is InChI=1S/C4H6N2O2/c1-6(7)4-5-2-3-8-4/h2-3,7H,1H3. The molecule has 0 fully saturated rings. The first kappa shape index (κ1) is 5.11. The molecule has 0 saturated carbocycles. The van der Waals surface area contributed by atoms with Gasteiger partial charge in [-0.25, -0.2) is 10.0 Å². The molecule has 1 aromatic rings. The number of oxazole rings is 1. The van der Waals surface area contributed by atoms with Crippen LogP contribution in [0.25, 0.3) is 0 Å². The smallest absolute Gasteiger partial charge is 0.321 e. The number of hydrogen-bond acceptors (Lipinski definition) is 4. The topological polar surface area (TPSA) is 49.5 Å². The largest absolute Gasteiger partial charge is 0.431 e. The van der Waals surface area contributed by atoms with Crippen molar-refractivity contribution in [1.82, 2.24) is 4.98 Å². The summed E-state index contributed by atoms with van der Waals surface area (Å²) in [5.74, 6) is 0. The summed E-state index contributed by atoms with van der Waals surface area (Å²) < 4.78 is 4.66. The highest BCUT2D eigenvalue weighted by Crippen LogP contribution is 2.02. The molecule has 1 aromatic heterocycles. The van der Waals surface area contributed by atoms with E-state index in [9.17, 15) is 0 Å². The fourth-order valence-corrected chi connectivity index (χ4v) is 0.376. The van der Waals surface area contributed by atoms with E-state index in [-0.39, 0.29) is 6.01 Å². The van der Waals surface area contributed by atoms with Crippen molar-refractivity contribution in [3.63, 3.8) is 0 Å². The van der Waals surface area contributed by atoms with Crippen LogP contribution < -0.4 is 5.06 Å². The summed E-state index contributed by atoms with van der Waals surface area (Å²) in [7, 11) is 1.44. The quantitative estimate of drug-likeness (QED) is 0.540. The van der Waals surface area contributed by atoms with Crippen molar-refractivity contribution in [3.05, 3.63) is 12.5 Å². The second-order valence-corrected chi connectivity index (χ2v) is 1.34. The Labute approximate surface area is 46.3 Å². The Kier molecular flexibility index (Phi) is 1.17. The molecule has 1 rings (SSSR count). The average Bonchev–Trinajstić information content (AvgIpc) is 2.12. The highest BCUT2D eigenvalue weighted by molar-refractivity contribution is 5.15. The highest BCUT2D eigenvalue weighted by Gasteiger charge is 1.97. The van der Waals surface area contributed by atoms with E-state index in [1.807, 2.05) is 0 Å². The van der Waals surface area contributed by atoms with Gasteiger partial charge in [0, 0.05) is 7.05 Å². The fourth-order valence-electron chi connectivity index (χ4n) is 0.376. The van der Waals surface area contributed by atoms with E-state index in [2.05, 4.69) is 9.40 Å². The highest BCUT2D eigenvalue weighted by atomic mass is 16.5. The van der Waals surface area contributed by atoms with Crippen LogP contribution in [-0.4, -0.2) is 17.2 Å². The molecule has 44 valence electrons. The maximum atomic E-state index is 8.59. The van der Waals surface area contributed by atoms with Gasteiger partial charge in [0.1, 0.15) is 6.26 Å². The summed E-state index contributed by atoms with van der Waals surface area (Å²) in [6, 6.07) is 0.199. The second-order valence-electron chi connectivity index (χ2n) is 1.34. The van der Waals surface area contributed by atoms with Crippen molar-refractivity contribution in [2.75, 3.05) is 12.1 Å². The Hall–Kier alpha value is -1.03. The Bertz CT molecular complexity index is 147. The van der Waals surface area contributed by atoms with Crippen molar-refractivity contribution in [3.8, 4) is 0 Å². The molecule has 0 aliphatic rings. The third kappa shape index (κ3) is 0.788. The lowest BCUT2D eigenvalue weighted by Gasteiger charge is -2.00. The zero-order valence-corrected chi connectivity index (χ0v) is 4.40. The van der Waals surface area contributed by atoms with Crippen LogP contribution >= 0.6 is 0 Å². The van der Waals surface area contributed by atoms with Crippen molar-refractivity contribution in [2.24, 2.45) is 0 Å². The minimum atomic E-state index is 0.199. The summed E-state index contributed by atoms with van der Waals surface area (Å²) in [5.41, 5.74) is 0. The first-order valence-corrected chi connectivity index (χ1v) is 2.13. The summed E-state index contributed by atoms with van der Waals surface area (Å²) in [6.45, 7) is 0.